The number of rotatable bonds is 4. The Morgan fingerprint density at radius 2 is 2.00 bits per heavy atom. The summed E-state index contributed by atoms with van der Waals surface area (Å²) in [6, 6.07) is 11.7. The van der Waals surface area contributed by atoms with Crippen molar-refractivity contribution in [1.82, 2.24) is 4.98 Å². The average molecular weight is 289 g/mol. The van der Waals surface area contributed by atoms with E-state index in [0.717, 1.165) is 27.8 Å². The number of nitrogen functional groups attached to an aromatic ring is 1. The zero-order valence-corrected chi connectivity index (χ0v) is 11.7. The molecule has 0 saturated heterocycles. The number of hydrogen-bond acceptors (Lipinski definition) is 6. The van der Waals surface area contributed by atoms with E-state index in [2.05, 4.69) is 10.4 Å². The molecule has 20 heavy (non-hydrogen) atoms. The molecule has 104 valence electrons. The molecular weight excluding hydrogens is 274 g/mol. The van der Waals surface area contributed by atoms with Crippen LogP contribution in [0, 0.1) is 0 Å². The minimum Gasteiger partial charge on any atom is -0.486 e. The second-order valence-corrected chi connectivity index (χ2v) is 5.30. The van der Waals surface area contributed by atoms with Gasteiger partial charge in [-0.2, -0.15) is 0 Å². The second kappa shape index (κ2) is 6.02. The van der Waals surface area contributed by atoms with Crippen LogP contribution in [-0.2, 0) is 5.75 Å². The molecule has 0 spiro atoms. The van der Waals surface area contributed by atoms with E-state index in [9.17, 15) is 0 Å². The molecule has 0 saturated carbocycles. The molecule has 3 rings (SSSR count). The van der Waals surface area contributed by atoms with E-state index in [4.69, 9.17) is 15.3 Å². The number of ether oxygens (including phenoxy) is 2. The maximum Gasteiger partial charge on any atom is 0.162 e. The number of thioether (sulfide) groups is 1. The summed E-state index contributed by atoms with van der Waals surface area (Å²) in [5.74, 6) is 8.42. The van der Waals surface area contributed by atoms with Gasteiger partial charge in [-0.1, -0.05) is 6.07 Å². The Hall–Kier alpha value is -1.92. The lowest BCUT2D eigenvalue weighted by Gasteiger charge is -2.18. The van der Waals surface area contributed by atoms with E-state index < -0.39 is 0 Å². The average Bonchev–Trinajstić information content (AvgIpc) is 2.53. The van der Waals surface area contributed by atoms with Gasteiger partial charge in [-0.15, -0.1) is 11.8 Å². The normalized spacial score (nSPS) is 13.1. The van der Waals surface area contributed by atoms with Crippen LogP contribution < -0.4 is 20.7 Å². The lowest BCUT2D eigenvalue weighted by Crippen LogP contribution is -2.15. The number of pyridine rings is 1. The van der Waals surface area contributed by atoms with Crippen LogP contribution in [0.4, 0.5) is 5.82 Å². The number of anilines is 1. The highest BCUT2D eigenvalue weighted by Gasteiger charge is 2.11. The van der Waals surface area contributed by atoms with E-state index in [0.29, 0.717) is 19.0 Å². The molecule has 2 aromatic rings. The number of hydrogen-bond donors (Lipinski definition) is 2. The van der Waals surface area contributed by atoms with Crippen LogP contribution in [0.2, 0.25) is 0 Å². The number of fused-ring (bicyclic) bond motifs is 1. The third kappa shape index (κ3) is 2.97. The smallest absolute Gasteiger partial charge is 0.162 e. The molecule has 1 aliphatic rings. The molecule has 0 radical (unpaired) electrons. The van der Waals surface area contributed by atoms with Crippen LogP contribution in [0.25, 0.3) is 0 Å². The fourth-order valence-corrected chi connectivity index (χ4v) is 2.74. The number of aromatic nitrogens is 1. The van der Waals surface area contributed by atoms with E-state index in [1.54, 1.807) is 11.8 Å². The van der Waals surface area contributed by atoms with Gasteiger partial charge in [0.2, 0.25) is 0 Å². The monoisotopic (exact) mass is 289 g/mol. The number of nitrogens with one attached hydrogen (secondary N) is 1. The van der Waals surface area contributed by atoms with Gasteiger partial charge in [-0.3, -0.25) is 0 Å². The number of nitrogens with two attached hydrogens (primary N) is 1. The highest BCUT2D eigenvalue weighted by atomic mass is 32.2. The first-order valence-corrected chi connectivity index (χ1v) is 7.29. The summed E-state index contributed by atoms with van der Waals surface area (Å²) in [6.45, 7) is 1.22. The van der Waals surface area contributed by atoms with Gasteiger partial charge >= 0.3 is 0 Å². The third-order valence-electron chi connectivity index (χ3n) is 2.86. The SMILES string of the molecule is NNc1cccc(CSc2ccc3c(c2)OCCO3)n1. The quantitative estimate of drug-likeness (QED) is 0.512. The molecule has 0 aliphatic carbocycles. The van der Waals surface area contributed by atoms with Crippen LogP contribution in [-0.4, -0.2) is 18.2 Å². The van der Waals surface area contributed by atoms with E-state index in [-0.39, 0.29) is 0 Å². The molecule has 0 fully saturated rings. The summed E-state index contributed by atoms with van der Waals surface area (Å²) < 4.78 is 11.1. The van der Waals surface area contributed by atoms with Gasteiger partial charge in [0.05, 0.1) is 5.69 Å². The molecule has 0 amide bonds. The fourth-order valence-electron chi connectivity index (χ4n) is 1.91. The van der Waals surface area contributed by atoms with Crippen molar-refractivity contribution in [3.05, 3.63) is 42.1 Å². The van der Waals surface area contributed by atoms with Gasteiger partial charge < -0.3 is 14.9 Å². The summed E-state index contributed by atoms with van der Waals surface area (Å²) >= 11 is 1.70. The molecule has 0 bridgehead atoms. The Labute approximate surface area is 121 Å². The van der Waals surface area contributed by atoms with Crippen LogP contribution >= 0.6 is 11.8 Å². The summed E-state index contributed by atoms with van der Waals surface area (Å²) in [5.41, 5.74) is 3.52. The summed E-state index contributed by atoms with van der Waals surface area (Å²) in [5, 5.41) is 0. The van der Waals surface area contributed by atoms with Gasteiger partial charge in [-0.05, 0) is 30.3 Å². The molecule has 1 aliphatic heterocycles. The van der Waals surface area contributed by atoms with Gasteiger partial charge in [0, 0.05) is 10.6 Å². The molecule has 1 aromatic carbocycles. The first-order chi connectivity index (χ1) is 9.85. The molecule has 0 unspecified atom stereocenters. The van der Waals surface area contributed by atoms with Crippen LogP contribution in [0.5, 0.6) is 11.5 Å². The van der Waals surface area contributed by atoms with Gasteiger partial charge in [0.15, 0.2) is 11.5 Å². The Bertz CT molecular complexity index is 607. The second-order valence-electron chi connectivity index (χ2n) is 4.25. The highest BCUT2D eigenvalue weighted by molar-refractivity contribution is 7.98. The Morgan fingerprint density at radius 3 is 2.85 bits per heavy atom. The largest absolute Gasteiger partial charge is 0.486 e. The van der Waals surface area contributed by atoms with Crippen molar-refractivity contribution in [2.24, 2.45) is 5.84 Å². The summed E-state index contributed by atoms with van der Waals surface area (Å²) in [4.78, 5) is 5.51. The molecule has 0 atom stereocenters. The third-order valence-corrected chi connectivity index (χ3v) is 3.88. The molecule has 6 heteroatoms. The van der Waals surface area contributed by atoms with Gasteiger partial charge in [0.1, 0.15) is 19.0 Å². The Kier molecular flexibility index (Phi) is 3.94. The number of nitrogens with zero attached hydrogens (tertiary/aromatic N) is 1. The standard InChI is InChI=1S/C14H15N3O2S/c15-17-14-3-1-2-10(16-14)9-20-11-4-5-12-13(8-11)19-7-6-18-12/h1-5,8H,6-7,9,15H2,(H,16,17). The van der Waals surface area contributed by atoms with Crippen molar-refractivity contribution in [1.29, 1.82) is 0 Å². The fraction of sp³-hybridized carbons (Fsp3) is 0.214. The van der Waals surface area contributed by atoms with Gasteiger partial charge in [-0.25, -0.2) is 10.8 Å². The molecule has 5 nitrogen and oxygen atoms in total. The predicted molar refractivity (Wildman–Crippen MR) is 79.0 cm³/mol. The number of hydrazine groups is 1. The van der Waals surface area contributed by atoms with Crippen LogP contribution in [0.3, 0.4) is 0 Å². The lowest BCUT2D eigenvalue weighted by atomic mass is 10.3. The molecule has 3 N–H and O–H groups in total. The maximum atomic E-state index is 5.57. The summed E-state index contributed by atoms with van der Waals surface area (Å²) in [6.07, 6.45) is 0. The van der Waals surface area contributed by atoms with Crippen LogP contribution in [0.15, 0.2) is 41.3 Å². The minimum absolute atomic E-state index is 0.604. The van der Waals surface area contributed by atoms with Crippen molar-refractivity contribution in [3.63, 3.8) is 0 Å². The molecule has 2 heterocycles. The summed E-state index contributed by atoms with van der Waals surface area (Å²) in [7, 11) is 0. The van der Waals surface area contributed by atoms with Crippen molar-refractivity contribution in [3.8, 4) is 11.5 Å². The zero-order chi connectivity index (χ0) is 13.8. The van der Waals surface area contributed by atoms with Crippen molar-refractivity contribution < 1.29 is 9.47 Å². The Morgan fingerprint density at radius 1 is 1.15 bits per heavy atom. The van der Waals surface area contributed by atoms with E-state index >= 15 is 0 Å². The highest BCUT2D eigenvalue weighted by Crippen LogP contribution is 2.34. The van der Waals surface area contributed by atoms with E-state index in [1.807, 2.05) is 36.4 Å². The van der Waals surface area contributed by atoms with Crippen LogP contribution in [0.1, 0.15) is 5.69 Å². The van der Waals surface area contributed by atoms with Crippen molar-refractivity contribution >= 4 is 17.6 Å². The topological polar surface area (TPSA) is 69.4 Å². The lowest BCUT2D eigenvalue weighted by molar-refractivity contribution is 0.171. The maximum absolute atomic E-state index is 5.57. The Balaban J connectivity index is 1.68. The van der Waals surface area contributed by atoms with Gasteiger partial charge in [0.25, 0.3) is 0 Å². The molecule has 1 aromatic heterocycles. The van der Waals surface area contributed by atoms with E-state index in [1.165, 1.54) is 0 Å². The van der Waals surface area contributed by atoms with Crippen molar-refractivity contribution in [2.45, 2.75) is 10.6 Å². The predicted octanol–water partition coefficient (Wildman–Crippen LogP) is 2.43. The first kappa shape index (κ1) is 13.1. The molecular formula is C14H15N3O2S. The first-order valence-electron chi connectivity index (χ1n) is 6.30. The zero-order valence-electron chi connectivity index (χ0n) is 10.8. The minimum atomic E-state index is 0.604. The number of benzene rings is 1. The van der Waals surface area contributed by atoms with Crippen molar-refractivity contribution in [2.75, 3.05) is 18.6 Å².